The first-order valence-electron chi connectivity index (χ1n) is 6.50. The lowest BCUT2D eigenvalue weighted by atomic mass is 10.1. The normalized spacial score (nSPS) is 12.1. The summed E-state index contributed by atoms with van der Waals surface area (Å²) in [5.74, 6) is -0.500. The van der Waals surface area contributed by atoms with Gasteiger partial charge in [0.1, 0.15) is 0 Å². The summed E-state index contributed by atoms with van der Waals surface area (Å²) in [5, 5.41) is 8.68. The molecule has 0 unspecified atom stereocenters. The average molecular weight is 299 g/mol. The third-order valence-corrected chi connectivity index (χ3v) is 4.88. The zero-order valence-corrected chi connectivity index (χ0v) is 12.9. The molecule has 0 saturated carbocycles. The quantitative estimate of drug-likeness (QED) is 0.835. The Kier molecular flexibility index (Phi) is 5.71. The molecule has 0 atom stereocenters. The van der Waals surface area contributed by atoms with E-state index in [9.17, 15) is 13.2 Å². The van der Waals surface area contributed by atoms with Crippen LogP contribution in [0.4, 0.5) is 0 Å². The lowest BCUT2D eigenvalue weighted by Crippen LogP contribution is -2.28. The molecule has 5 nitrogen and oxygen atoms in total. The minimum Gasteiger partial charge on any atom is -0.481 e. The molecule has 0 heterocycles. The Morgan fingerprint density at radius 3 is 2.25 bits per heavy atom. The molecule has 0 aliphatic rings. The fourth-order valence-electron chi connectivity index (χ4n) is 1.69. The molecule has 112 valence electrons. The zero-order chi connectivity index (χ0) is 15.3. The third-order valence-electron chi connectivity index (χ3n) is 3.01. The second kappa shape index (κ2) is 6.85. The van der Waals surface area contributed by atoms with E-state index in [-0.39, 0.29) is 11.3 Å². The molecule has 1 aromatic rings. The van der Waals surface area contributed by atoms with Crippen LogP contribution in [-0.2, 0) is 21.2 Å². The predicted molar refractivity (Wildman–Crippen MR) is 77.1 cm³/mol. The van der Waals surface area contributed by atoms with Crippen molar-refractivity contribution < 1.29 is 18.3 Å². The molecular weight excluding hydrogens is 278 g/mol. The summed E-state index contributed by atoms with van der Waals surface area (Å²) >= 11 is 0. The van der Waals surface area contributed by atoms with Crippen molar-refractivity contribution in [2.24, 2.45) is 5.92 Å². The highest BCUT2D eigenvalue weighted by molar-refractivity contribution is 7.89. The molecule has 0 aromatic heterocycles. The number of sulfonamides is 1. The second-order valence-electron chi connectivity index (χ2n) is 5.22. The van der Waals surface area contributed by atoms with Crippen molar-refractivity contribution in [3.05, 3.63) is 29.8 Å². The number of hydrogen-bond donors (Lipinski definition) is 1. The van der Waals surface area contributed by atoms with Gasteiger partial charge in [-0.3, -0.25) is 4.79 Å². The number of nitrogens with zero attached hydrogens (tertiary/aromatic N) is 1. The van der Waals surface area contributed by atoms with Gasteiger partial charge in [-0.25, -0.2) is 12.7 Å². The van der Waals surface area contributed by atoms with E-state index < -0.39 is 16.0 Å². The van der Waals surface area contributed by atoms with Crippen LogP contribution in [-0.4, -0.2) is 37.4 Å². The van der Waals surface area contributed by atoms with Gasteiger partial charge in [-0.1, -0.05) is 26.0 Å². The monoisotopic (exact) mass is 299 g/mol. The molecule has 1 rings (SSSR count). The van der Waals surface area contributed by atoms with Crippen LogP contribution in [0.15, 0.2) is 29.2 Å². The Hall–Kier alpha value is -1.40. The van der Waals surface area contributed by atoms with Crippen molar-refractivity contribution in [1.82, 2.24) is 4.31 Å². The topological polar surface area (TPSA) is 74.7 Å². The van der Waals surface area contributed by atoms with Crippen LogP contribution in [0.5, 0.6) is 0 Å². The van der Waals surface area contributed by atoms with Crippen LogP contribution < -0.4 is 0 Å². The molecule has 6 heteroatoms. The summed E-state index contributed by atoms with van der Waals surface area (Å²) < 4.78 is 25.9. The van der Waals surface area contributed by atoms with Gasteiger partial charge >= 0.3 is 5.97 Å². The van der Waals surface area contributed by atoms with Gasteiger partial charge in [-0.2, -0.15) is 0 Å². The van der Waals surface area contributed by atoms with E-state index >= 15 is 0 Å². The van der Waals surface area contributed by atoms with Gasteiger partial charge in [0.15, 0.2) is 0 Å². The van der Waals surface area contributed by atoms with Crippen molar-refractivity contribution >= 4 is 16.0 Å². The first kappa shape index (κ1) is 16.7. The van der Waals surface area contributed by atoms with E-state index in [0.29, 0.717) is 18.0 Å². The maximum Gasteiger partial charge on any atom is 0.307 e. The summed E-state index contributed by atoms with van der Waals surface area (Å²) in [6.07, 6.45) is 0.691. The molecule has 0 radical (unpaired) electrons. The minimum absolute atomic E-state index is 0.108. The van der Waals surface area contributed by atoms with Crippen molar-refractivity contribution in [3.8, 4) is 0 Å². The Morgan fingerprint density at radius 1 is 1.25 bits per heavy atom. The molecule has 20 heavy (non-hydrogen) atoms. The maximum atomic E-state index is 12.3. The Balaban J connectivity index is 2.84. The third kappa shape index (κ3) is 4.61. The molecule has 0 fully saturated rings. The van der Waals surface area contributed by atoms with Crippen molar-refractivity contribution in [3.63, 3.8) is 0 Å². The van der Waals surface area contributed by atoms with Crippen LogP contribution in [0.25, 0.3) is 0 Å². The first-order chi connectivity index (χ1) is 9.23. The minimum atomic E-state index is -3.49. The highest BCUT2D eigenvalue weighted by Gasteiger charge is 2.20. The first-order valence-corrected chi connectivity index (χ1v) is 7.94. The summed E-state index contributed by atoms with van der Waals surface area (Å²) in [6, 6.07) is 5.99. The number of carboxylic acids is 1. The molecule has 1 aromatic carbocycles. The number of aliphatic carboxylic acids is 1. The Bertz CT molecular complexity index is 549. The van der Waals surface area contributed by atoms with Crippen LogP contribution in [0.2, 0.25) is 0 Å². The number of carboxylic acid groups (broad SMARTS) is 1. The van der Waals surface area contributed by atoms with E-state index in [1.54, 1.807) is 7.05 Å². The van der Waals surface area contributed by atoms with E-state index in [1.807, 2.05) is 13.8 Å². The van der Waals surface area contributed by atoms with E-state index in [4.69, 9.17) is 5.11 Å². The fourth-order valence-corrected chi connectivity index (χ4v) is 2.88. The maximum absolute atomic E-state index is 12.3. The number of benzene rings is 1. The average Bonchev–Trinajstić information content (AvgIpc) is 2.35. The van der Waals surface area contributed by atoms with E-state index in [1.165, 1.54) is 28.6 Å². The molecule has 0 spiro atoms. The van der Waals surface area contributed by atoms with Gasteiger partial charge in [0.25, 0.3) is 0 Å². The molecule has 0 amide bonds. The second-order valence-corrected chi connectivity index (χ2v) is 7.27. The van der Waals surface area contributed by atoms with Gasteiger partial charge in [-0.15, -0.1) is 0 Å². The lowest BCUT2D eigenvalue weighted by Gasteiger charge is -2.18. The lowest BCUT2D eigenvalue weighted by molar-refractivity contribution is -0.136. The summed E-state index contributed by atoms with van der Waals surface area (Å²) in [6.45, 7) is 4.55. The highest BCUT2D eigenvalue weighted by atomic mass is 32.2. The zero-order valence-electron chi connectivity index (χ0n) is 12.0. The number of hydrogen-bond acceptors (Lipinski definition) is 3. The molecular formula is C14H21NO4S. The van der Waals surface area contributed by atoms with Crippen LogP contribution >= 0.6 is 0 Å². The number of carbonyl (C=O) groups is 1. The van der Waals surface area contributed by atoms with Gasteiger partial charge in [0.2, 0.25) is 10.0 Å². The molecule has 0 bridgehead atoms. The van der Waals surface area contributed by atoms with Crippen LogP contribution in [0.3, 0.4) is 0 Å². The predicted octanol–water partition coefficient (Wildman–Crippen LogP) is 1.98. The highest BCUT2D eigenvalue weighted by Crippen LogP contribution is 2.16. The van der Waals surface area contributed by atoms with Crippen molar-refractivity contribution in [2.75, 3.05) is 13.6 Å². The number of rotatable bonds is 7. The molecule has 0 aliphatic carbocycles. The van der Waals surface area contributed by atoms with Gasteiger partial charge < -0.3 is 5.11 Å². The van der Waals surface area contributed by atoms with E-state index in [2.05, 4.69) is 0 Å². The standard InChI is InChI=1S/C14H21NO4S/c1-11(2)8-9-15(3)20(18,19)13-6-4-12(5-7-13)10-14(16)17/h4-7,11H,8-10H2,1-3H3,(H,16,17). The smallest absolute Gasteiger partial charge is 0.307 e. The van der Waals surface area contributed by atoms with Gasteiger partial charge in [0.05, 0.1) is 11.3 Å². The van der Waals surface area contributed by atoms with Gasteiger partial charge in [-0.05, 0) is 30.0 Å². The fraction of sp³-hybridized carbons (Fsp3) is 0.500. The summed E-state index contributed by atoms with van der Waals surface area (Å²) in [4.78, 5) is 10.8. The van der Waals surface area contributed by atoms with Crippen LogP contribution in [0, 0.1) is 5.92 Å². The van der Waals surface area contributed by atoms with Crippen molar-refractivity contribution in [1.29, 1.82) is 0 Å². The van der Waals surface area contributed by atoms with E-state index in [0.717, 1.165) is 6.42 Å². The Morgan fingerprint density at radius 2 is 1.80 bits per heavy atom. The molecule has 0 saturated heterocycles. The molecule has 1 N–H and O–H groups in total. The largest absolute Gasteiger partial charge is 0.481 e. The Labute approximate surface area is 120 Å². The van der Waals surface area contributed by atoms with Crippen molar-refractivity contribution in [2.45, 2.75) is 31.6 Å². The molecule has 0 aliphatic heterocycles. The summed E-state index contributed by atoms with van der Waals surface area (Å²) in [5.41, 5.74) is 0.585. The SMILES string of the molecule is CC(C)CCN(C)S(=O)(=O)c1ccc(CC(=O)O)cc1. The van der Waals surface area contributed by atoms with Gasteiger partial charge in [0, 0.05) is 13.6 Å². The summed E-state index contributed by atoms with van der Waals surface area (Å²) in [7, 11) is -1.94. The van der Waals surface area contributed by atoms with Crippen LogP contribution in [0.1, 0.15) is 25.8 Å².